The Balaban J connectivity index is 1.65. The molecule has 0 unspecified atom stereocenters. The van der Waals surface area contributed by atoms with Gasteiger partial charge in [-0.15, -0.1) is 0 Å². The number of benzene rings is 3. The van der Waals surface area contributed by atoms with Crippen molar-refractivity contribution < 1.29 is 26.3 Å². The lowest BCUT2D eigenvalue weighted by Gasteiger charge is -2.13. The second kappa shape index (κ2) is 8.64. The van der Waals surface area contributed by atoms with Crippen molar-refractivity contribution in [3.05, 3.63) is 82.2 Å². The van der Waals surface area contributed by atoms with Crippen molar-refractivity contribution in [3.63, 3.8) is 0 Å². The van der Waals surface area contributed by atoms with Crippen LogP contribution in [-0.4, -0.2) is 0 Å². The lowest BCUT2D eigenvalue weighted by Crippen LogP contribution is -2.11. The summed E-state index contributed by atoms with van der Waals surface area (Å²) in [6.07, 6.45) is 0.967. The number of aryl methyl sites for hydroxylation is 1. The van der Waals surface area contributed by atoms with Crippen LogP contribution < -0.4 is 0 Å². The minimum atomic E-state index is -5.17. The van der Waals surface area contributed by atoms with E-state index in [1.54, 1.807) is 0 Å². The zero-order valence-electron chi connectivity index (χ0n) is 17.6. The Hall–Kier alpha value is -2.76. The number of hydrogen-bond donors (Lipinski definition) is 0. The van der Waals surface area contributed by atoms with Gasteiger partial charge in [0, 0.05) is 5.56 Å². The number of unbranched alkanes of at least 4 members (excludes halogenated alkanes) is 3. The SMILES string of the molecule is CCCCCCc1ccc2c(c1)Cc1cc(-c3cc(F)c(C(F)(F)F)c(F)c3)c(F)cc1-2. The summed E-state index contributed by atoms with van der Waals surface area (Å²) in [5.74, 6) is -4.26. The normalized spacial score (nSPS) is 12.7. The average Bonchev–Trinajstić information content (AvgIpc) is 3.05. The van der Waals surface area contributed by atoms with Gasteiger partial charge in [-0.05, 0) is 76.9 Å². The molecule has 0 N–H and O–H groups in total. The Morgan fingerprint density at radius 3 is 2.06 bits per heavy atom. The van der Waals surface area contributed by atoms with E-state index < -0.39 is 29.2 Å². The predicted octanol–water partition coefficient (Wildman–Crippen LogP) is 8.48. The van der Waals surface area contributed by atoms with E-state index >= 15 is 0 Å². The van der Waals surface area contributed by atoms with E-state index in [0.717, 1.165) is 29.5 Å². The van der Waals surface area contributed by atoms with E-state index in [-0.39, 0.29) is 11.1 Å². The molecule has 1 aliphatic carbocycles. The van der Waals surface area contributed by atoms with Crippen molar-refractivity contribution in [2.75, 3.05) is 0 Å². The van der Waals surface area contributed by atoms with Crippen LogP contribution in [-0.2, 0) is 19.0 Å². The van der Waals surface area contributed by atoms with Crippen molar-refractivity contribution in [1.29, 1.82) is 0 Å². The number of fused-ring (bicyclic) bond motifs is 3. The van der Waals surface area contributed by atoms with Crippen molar-refractivity contribution in [3.8, 4) is 22.3 Å². The first-order valence-electron chi connectivity index (χ1n) is 10.7. The molecule has 3 aromatic rings. The lowest BCUT2D eigenvalue weighted by atomic mass is 9.97. The third-order valence-corrected chi connectivity index (χ3v) is 5.99. The smallest absolute Gasteiger partial charge is 0.206 e. The average molecular weight is 448 g/mol. The maximum absolute atomic E-state index is 14.9. The quantitative estimate of drug-likeness (QED) is 0.205. The molecule has 0 spiro atoms. The minimum Gasteiger partial charge on any atom is -0.206 e. The number of halogens is 6. The molecule has 0 saturated carbocycles. The number of hydrogen-bond acceptors (Lipinski definition) is 0. The van der Waals surface area contributed by atoms with Crippen LogP contribution in [0.25, 0.3) is 22.3 Å². The van der Waals surface area contributed by atoms with Crippen LogP contribution in [0, 0.1) is 17.5 Å². The molecule has 1 aliphatic rings. The van der Waals surface area contributed by atoms with Gasteiger partial charge < -0.3 is 0 Å². The molecular weight excluding hydrogens is 426 g/mol. The maximum atomic E-state index is 14.9. The molecule has 4 rings (SSSR count). The Labute approximate surface area is 182 Å². The fraction of sp³-hybridized carbons (Fsp3) is 0.308. The predicted molar refractivity (Wildman–Crippen MR) is 113 cm³/mol. The third-order valence-electron chi connectivity index (χ3n) is 5.99. The van der Waals surface area contributed by atoms with Gasteiger partial charge in [0.25, 0.3) is 0 Å². The summed E-state index contributed by atoms with van der Waals surface area (Å²) < 4.78 is 81.5. The summed E-state index contributed by atoms with van der Waals surface area (Å²) >= 11 is 0. The third kappa shape index (κ3) is 4.27. The minimum absolute atomic E-state index is 0.122. The summed E-state index contributed by atoms with van der Waals surface area (Å²) in [5, 5.41) is 0. The van der Waals surface area contributed by atoms with Crippen LogP contribution >= 0.6 is 0 Å². The second-order valence-electron chi connectivity index (χ2n) is 8.28. The highest BCUT2D eigenvalue weighted by molar-refractivity contribution is 5.81. The summed E-state index contributed by atoms with van der Waals surface area (Å²) in [6, 6.07) is 9.95. The van der Waals surface area contributed by atoms with Gasteiger partial charge in [0.2, 0.25) is 0 Å². The van der Waals surface area contributed by atoms with Gasteiger partial charge in [-0.1, -0.05) is 44.4 Å². The van der Waals surface area contributed by atoms with Gasteiger partial charge >= 0.3 is 6.18 Å². The number of rotatable bonds is 6. The molecule has 168 valence electrons. The molecule has 0 aromatic heterocycles. The highest BCUT2D eigenvalue weighted by Gasteiger charge is 2.38. The van der Waals surface area contributed by atoms with E-state index in [1.807, 2.05) is 12.1 Å². The topological polar surface area (TPSA) is 0 Å². The molecule has 6 heteroatoms. The number of alkyl halides is 3. The van der Waals surface area contributed by atoms with Gasteiger partial charge in [0.05, 0.1) is 0 Å². The van der Waals surface area contributed by atoms with E-state index in [2.05, 4.69) is 13.0 Å². The monoisotopic (exact) mass is 448 g/mol. The van der Waals surface area contributed by atoms with Crippen LogP contribution in [0.3, 0.4) is 0 Å². The molecule has 0 bridgehead atoms. The first-order chi connectivity index (χ1) is 15.2. The highest BCUT2D eigenvalue weighted by Crippen LogP contribution is 2.42. The molecule has 0 fully saturated rings. The standard InChI is InChI=1S/C26H22F6/c1-2-3-4-5-6-15-7-8-19-16(9-15)10-17-11-21(22(27)14-20(17)19)18-12-23(28)25(24(29)13-18)26(30,31)32/h7-9,11-14H,2-6,10H2,1H3. The molecule has 0 heterocycles. The largest absolute Gasteiger partial charge is 0.422 e. The Bertz CT molecular complexity index is 1140. The first kappa shape index (κ1) is 22.4. The van der Waals surface area contributed by atoms with E-state index in [9.17, 15) is 26.3 Å². The van der Waals surface area contributed by atoms with E-state index in [0.29, 0.717) is 24.1 Å². The van der Waals surface area contributed by atoms with Crippen LogP contribution in [0.5, 0.6) is 0 Å². The molecule has 0 saturated heterocycles. The summed E-state index contributed by atoms with van der Waals surface area (Å²) in [5.41, 5.74) is 2.29. The molecular formula is C26H22F6. The lowest BCUT2D eigenvalue weighted by molar-refractivity contribution is -0.142. The van der Waals surface area contributed by atoms with E-state index in [1.165, 1.54) is 37.0 Å². The summed E-state index contributed by atoms with van der Waals surface area (Å²) in [4.78, 5) is 0. The van der Waals surface area contributed by atoms with Gasteiger partial charge in [-0.25, -0.2) is 13.2 Å². The van der Waals surface area contributed by atoms with Crippen LogP contribution in [0.1, 0.15) is 54.9 Å². The van der Waals surface area contributed by atoms with Crippen LogP contribution in [0.4, 0.5) is 26.3 Å². The summed E-state index contributed by atoms with van der Waals surface area (Å²) in [7, 11) is 0. The zero-order valence-corrected chi connectivity index (χ0v) is 17.6. The van der Waals surface area contributed by atoms with Crippen molar-refractivity contribution in [2.45, 2.75) is 51.6 Å². The summed E-state index contributed by atoms with van der Waals surface area (Å²) in [6.45, 7) is 2.16. The first-order valence-corrected chi connectivity index (χ1v) is 10.7. The Morgan fingerprint density at radius 2 is 1.41 bits per heavy atom. The van der Waals surface area contributed by atoms with Crippen molar-refractivity contribution >= 4 is 0 Å². The van der Waals surface area contributed by atoms with Crippen LogP contribution in [0.2, 0.25) is 0 Å². The van der Waals surface area contributed by atoms with Gasteiger partial charge in [0.1, 0.15) is 23.0 Å². The van der Waals surface area contributed by atoms with Gasteiger partial charge in [-0.2, -0.15) is 13.2 Å². The Morgan fingerprint density at radius 1 is 0.719 bits per heavy atom. The molecule has 0 atom stereocenters. The molecule has 0 radical (unpaired) electrons. The molecule has 0 amide bonds. The van der Waals surface area contributed by atoms with E-state index in [4.69, 9.17) is 0 Å². The Kier molecular flexibility index (Phi) is 6.06. The second-order valence-corrected chi connectivity index (χ2v) is 8.28. The zero-order chi connectivity index (χ0) is 23.0. The molecule has 32 heavy (non-hydrogen) atoms. The van der Waals surface area contributed by atoms with Crippen molar-refractivity contribution in [2.24, 2.45) is 0 Å². The fourth-order valence-electron chi connectivity index (χ4n) is 4.41. The van der Waals surface area contributed by atoms with Gasteiger partial charge in [0.15, 0.2) is 0 Å². The van der Waals surface area contributed by atoms with Crippen molar-refractivity contribution in [1.82, 2.24) is 0 Å². The molecule has 0 aliphatic heterocycles. The molecule has 3 aromatic carbocycles. The van der Waals surface area contributed by atoms with Gasteiger partial charge in [-0.3, -0.25) is 0 Å². The highest BCUT2D eigenvalue weighted by atomic mass is 19.4. The maximum Gasteiger partial charge on any atom is 0.422 e. The fourth-order valence-corrected chi connectivity index (χ4v) is 4.41. The van der Waals surface area contributed by atoms with Crippen LogP contribution in [0.15, 0.2) is 42.5 Å². The molecule has 0 nitrogen and oxygen atoms in total.